The molecule has 0 radical (unpaired) electrons. The number of ether oxygens (including phenoxy) is 1. The maximum Gasteiger partial charge on any atom is 0.340 e. The van der Waals surface area contributed by atoms with Crippen LogP contribution in [0.5, 0.6) is 0 Å². The number of nitrogens with zero attached hydrogens (tertiary/aromatic N) is 1. The van der Waals surface area contributed by atoms with Crippen molar-refractivity contribution in [2.75, 3.05) is 42.7 Å². The van der Waals surface area contributed by atoms with E-state index in [2.05, 4.69) is 91.8 Å². The van der Waals surface area contributed by atoms with Crippen LogP contribution < -0.4 is 15.5 Å². The second-order valence-corrected chi connectivity index (χ2v) is 8.94. The van der Waals surface area contributed by atoms with Crippen LogP contribution in [0.1, 0.15) is 65.9 Å². The van der Waals surface area contributed by atoms with E-state index in [1.807, 2.05) is 20.2 Å². The molecule has 2 N–H and O–H groups in total. The Bertz CT molecular complexity index is 1170. The minimum Gasteiger partial charge on any atom is -0.440 e. The molecule has 5 heteroatoms. The van der Waals surface area contributed by atoms with Crippen LogP contribution in [0.25, 0.3) is 0 Å². The molecule has 0 atom stereocenters. The van der Waals surface area contributed by atoms with Crippen molar-refractivity contribution in [1.82, 2.24) is 0 Å². The minimum atomic E-state index is -1.07. The Hall–Kier alpha value is -3.47. The number of hydrogen-bond donors (Lipinski definition) is 2. The largest absolute Gasteiger partial charge is 0.440 e. The summed E-state index contributed by atoms with van der Waals surface area (Å²) in [6.07, 6.45) is 1.86. The van der Waals surface area contributed by atoms with Crippen LogP contribution in [0, 0.1) is 0 Å². The van der Waals surface area contributed by atoms with Gasteiger partial charge < -0.3 is 20.3 Å². The van der Waals surface area contributed by atoms with Crippen molar-refractivity contribution < 1.29 is 9.53 Å². The van der Waals surface area contributed by atoms with Gasteiger partial charge in [0.25, 0.3) is 0 Å². The van der Waals surface area contributed by atoms with Crippen molar-refractivity contribution in [3.63, 3.8) is 0 Å². The molecule has 3 aromatic carbocycles. The van der Waals surface area contributed by atoms with Gasteiger partial charge in [0.2, 0.25) is 0 Å². The first-order valence-electron chi connectivity index (χ1n) is 12.7. The van der Waals surface area contributed by atoms with Crippen LogP contribution in [0.3, 0.4) is 0 Å². The summed E-state index contributed by atoms with van der Waals surface area (Å²) >= 11 is 0. The van der Waals surface area contributed by atoms with Crippen molar-refractivity contribution in [1.29, 1.82) is 0 Å². The Balaban J connectivity index is 2.06. The maximum atomic E-state index is 13.5. The van der Waals surface area contributed by atoms with Crippen LogP contribution in [0.2, 0.25) is 0 Å². The normalized spacial score (nSPS) is 13.8. The van der Waals surface area contributed by atoms with Gasteiger partial charge in [-0.05, 0) is 62.1 Å². The van der Waals surface area contributed by atoms with E-state index in [4.69, 9.17) is 4.74 Å². The molecule has 0 saturated carbocycles. The Kier molecular flexibility index (Phi) is 7.06. The molecule has 0 saturated heterocycles. The van der Waals surface area contributed by atoms with E-state index in [-0.39, 0.29) is 5.97 Å². The third-order valence-corrected chi connectivity index (χ3v) is 7.26. The number of cyclic esters (lactones) is 1. The molecule has 0 aliphatic carbocycles. The monoisotopic (exact) mass is 471 g/mol. The van der Waals surface area contributed by atoms with E-state index in [1.54, 1.807) is 0 Å². The number of carbonyl (C=O) groups excluding carboxylic acids is 1. The Morgan fingerprint density at radius 1 is 0.743 bits per heavy atom. The summed E-state index contributed by atoms with van der Waals surface area (Å²) in [5, 5.41) is 6.75. The molecule has 0 aromatic heterocycles. The van der Waals surface area contributed by atoms with Gasteiger partial charge in [-0.3, -0.25) is 0 Å². The molecular weight excluding hydrogens is 434 g/mol. The fourth-order valence-corrected chi connectivity index (χ4v) is 5.24. The van der Waals surface area contributed by atoms with Gasteiger partial charge in [-0.1, -0.05) is 44.2 Å². The molecule has 0 fully saturated rings. The molecule has 3 aromatic rings. The number of esters is 1. The van der Waals surface area contributed by atoms with Gasteiger partial charge in [-0.15, -0.1) is 0 Å². The summed E-state index contributed by atoms with van der Waals surface area (Å²) in [5.74, 6) is -0.294. The summed E-state index contributed by atoms with van der Waals surface area (Å²) in [5.41, 5.74) is 7.70. The highest BCUT2D eigenvalue weighted by Gasteiger charge is 2.51. The highest BCUT2D eigenvalue weighted by Crippen LogP contribution is 2.52. The van der Waals surface area contributed by atoms with Crippen LogP contribution in [0.4, 0.5) is 17.1 Å². The quantitative estimate of drug-likeness (QED) is 0.364. The number of rotatable bonds is 9. The number of anilines is 3. The molecule has 0 bridgehead atoms. The Morgan fingerprint density at radius 3 is 1.71 bits per heavy atom. The van der Waals surface area contributed by atoms with Crippen molar-refractivity contribution in [2.24, 2.45) is 0 Å². The van der Waals surface area contributed by atoms with E-state index in [9.17, 15) is 4.79 Å². The molecule has 4 rings (SSSR count). The van der Waals surface area contributed by atoms with E-state index in [0.29, 0.717) is 5.56 Å². The number of nitrogens with one attached hydrogen (secondary N) is 2. The van der Waals surface area contributed by atoms with Gasteiger partial charge >= 0.3 is 5.97 Å². The smallest absolute Gasteiger partial charge is 0.340 e. The topological polar surface area (TPSA) is 53.6 Å². The average molecular weight is 472 g/mol. The van der Waals surface area contributed by atoms with Crippen molar-refractivity contribution in [2.45, 2.75) is 46.1 Å². The molecule has 1 aliphatic heterocycles. The van der Waals surface area contributed by atoms with E-state index < -0.39 is 5.60 Å². The Labute approximate surface area is 209 Å². The lowest BCUT2D eigenvalue weighted by molar-refractivity contribution is 0.0255. The molecule has 184 valence electrons. The fraction of sp³-hybridized carbons (Fsp3) is 0.367. The first-order valence-corrected chi connectivity index (χ1v) is 12.7. The number of benzene rings is 3. The SMILES string of the molecule is CCc1ccc(C2(c3ccc(CC)cc3NC)OC(=O)c3cc(N(CC)CC)ccc32)c(NC)c1. The lowest BCUT2D eigenvalue weighted by Crippen LogP contribution is -2.31. The van der Waals surface area contributed by atoms with Crippen LogP contribution in [-0.2, 0) is 23.2 Å². The van der Waals surface area contributed by atoms with Crippen LogP contribution in [-0.4, -0.2) is 33.2 Å². The third-order valence-electron chi connectivity index (χ3n) is 7.26. The van der Waals surface area contributed by atoms with Gasteiger partial charge in [0.1, 0.15) is 0 Å². The van der Waals surface area contributed by atoms with Gasteiger partial charge in [-0.25, -0.2) is 4.79 Å². The lowest BCUT2D eigenvalue weighted by Gasteiger charge is -2.34. The highest BCUT2D eigenvalue weighted by atomic mass is 16.6. The number of carbonyl (C=O) groups is 1. The van der Waals surface area contributed by atoms with Gasteiger partial charge in [0.15, 0.2) is 5.60 Å². The number of fused-ring (bicyclic) bond motifs is 1. The zero-order chi connectivity index (χ0) is 25.2. The standard InChI is InChI=1S/C30H37N3O2/c1-7-20-11-14-25(27(17-20)31-5)30(26-15-12-21(8-2)18-28(26)32-6)24-16-13-22(33(9-3)10-4)19-23(24)29(34)35-30/h11-19,31-32H,7-10H2,1-6H3. The first-order chi connectivity index (χ1) is 17.0. The minimum absolute atomic E-state index is 0.294. The summed E-state index contributed by atoms with van der Waals surface area (Å²) < 4.78 is 6.49. The van der Waals surface area contributed by atoms with E-state index in [1.165, 1.54) is 11.1 Å². The zero-order valence-electron chi connectivity index (χ0n) is 21.8. The van der Waals surface area contributed by atoms with Crippen LogP contribution in [0.15, 0.2) is 54.6 Å². The molecule has 1 aliphatic rings. The van der Waals surface area contributed by atoms with Crippen LogP contribution >= 0.6 is 0 Å². The molecular formula is C30H37N3O2. The molecule has 0 amide bonds. The predicted molar refractivity (Wildman–Crippen MR) is 146 cm³/mol. The molecule has 0 spiro atoms. The third kappa shape index (κ3) is 4.03. The summed E-state index contributed by atoms with van der Waals surface area (Å²) in [6.45, 7) is 10.3. The Morgan fingerprint density at radius 2 is 1.26 bits per heavy atom. The van der Waals surface area contributed by atoms with Crippen molar-refractivity contribution >= 4 is 23.0 Å². The predicted octanol–water partition coefficient (Wildman–Crippen LogP) is 6.20. The maximum absolute atomic E-state index is 13.5. The van der Waals surface area contributed by atoms with Gasteiger partial charge in [0.05, 0.1) is 5.56 Å². The molecule has 1 heterocycles. The number of aryl methyl sites for hydroxylation is 2. The highest BCUT2D eigenvalue weighted by molar-refractivity contribution is 5.98. The summed E-state index contributed by atoms with van der Waals surface area (Å²) in [7, 11) is 3.85. The van der Waals surface area contributed by atoms with Crippen molar-refractivity contribution in [3.8, 4) is 0 Å². The second-order valence-electron chi connectivity index (χ2n) is 8.94. The van der Waals surface area contributed by atoms with Gasteiger partial charge in [-0.2, -0.15) is 0 Å². The molecule has 0 unspecified atom stereocenters. The second kappa shape index (κ2) is 10.0. The first kappa shape index (κ1) is 24.6. The summed E-state index contributed by atoms with van der Waals surface area (Å²) in [4.78, 5) is 15.8. The van der Waals surface area contributed by atoms with E-state index in [0.717, 1.165) is 59.7 Å². The lowest BCUT2D eigenvalue weighted by atomic mass is 9.77. The summed E-state index contributed by atoms with van der Waals surface area (Å²) in [6, 6.07) is 19.0. The number of hydrogen-bond acceptors (Lipinski definition) is 5. The van der Waals surface area contributed by atoms with E-state index >= 15 is 0 Å². The van der Waals surface area contributed by atoms with Crippen molar-refractivity contribution in [3.05, 3.63) is 88.0 Å². The molecule has 5 nitrogen and oxygen atoms in total. The fourth-order valence-electron chi connectivity index (χ4n) is 5.24. The van der Waals surface area contributed by atoms with Gasteiger partial charge in [0, 0.05) is 60.9 Å². The average Bonchev–Trinajstić information content (AvgIpc) is 3.20. The molecule has 35 heavy (non-hydrogen) atoms. The zero-order valence-corrected chi connectivity index (χ0v) is 21.8.